The number of alkyl halides is 1. The number of Topliss-reactive ketones (excluding diaryl/α,β-unsaturated/α-hetero) is 1. The van der Waals surface area contributed by atoms with E-state index in [1.54, 1.807) is 0 Å². The van der Waals surface area contributed by atoms with Gasteiger partial charge in [-0.15, -0.1) is 11.6 Å². The average molecular weight is 356 g/mol. The number of hydrogen-bond donors (Lipinski definition) is 0. The Labute approximate surface area is 134 Å². The number of carbonyl (C=O) groups excluding carboxylic acids is 1. The molecule has 2 bridgehead atoms. The van der Waals surface area contributed by atoms with E-state index in [0.29, 0.717) is 11.3 Å². The van der Waals surface area contributed by atoms with Crippen LogP contribution in [-0.4, -0.2) is 11.7 Å². The van der Waals surface area contributed by atoms with Crippen LogP contribution in [0.15, 0.2) is 28.7 Å². The molecule has 2 aliphatic carbocycles. The number of rotatable bonds is 3. The highest BCUT2D eigenvalue weighted by molar-refractivity contribution is 9.10. The zero-order valence-corrected chi connectivity index (χ0v) is 13.9. The van der Waals surface area contributed by atoms with Crippen LogP contribution in [0.2, 0.25) is 0 Å². The van der Waals surface area contributed by atoms with Gasteiger partial charge in [-0.2, -0.15) is 0 Å². The number of fused-ring (bicyclic) bond motifs is 2. The lowest BCUT2D eigenvalue weighted by molar-refractivity contribution is -0.124. The minimum absolute atomic E-state index is 0.187. The Bertz CT molecular complexity index is 498. The third-order valence-electron chi connectivity index (χ3n) is 5.39. The third kappa shape index (κ3) is 2.57. The van der Waals surface area contributed by atoms with E-state index >= 15 is 0 Å². The SMILES string of the molecule is O=C(CCl)C1CCC2(c3ccc(Br)cc3)CCCC1C2. The number of benzene rings is 1. The van der Waals surface area contributed by atoms with Crippen molar-refractivity contribution in [2.45, 2.75) is 43.9 Å². The molecule has 3 unspecified atom stereocenters. The molecule has 2 fully saturated rings. The van der Waals surface area contributed by atoms with E-state index in [2.05, 4.69) is 40.2 Å². The third-order valence-corrected chi connectivity index (χ3v) is 6.18. The van der Waals surface area contributed by atoms with Crippen LogP contribution in [0.25, 0.3) is 0 Å². The second kappa shape index (κ2) is 5.81. The van der Waals surface area contributed by atoms with Gasteiger partial charge in [0.15, 0.2) is 5.78 Å². The molecule has 1 nitrogen and oxygen atoms in total. The van der Waals surface area contributed by atoms with E-state index in [-0.39, 0.29) is 17.6 Å². The van der Waals surface area contributed by atoms with E-state index in [0.717, 1.165) is 17.3 Å². The van der Waals surface area contributed by atoms with Crippen molar-refractivity contribution in [3.8, 4) is 0 Å². The minimum Gasteiger partial charge on any atom is -0.298 e. The maximum absolute atomic E-state index is 12.0. The van der Waals surface area contributed by atoms with Crippen molar-refractivity contribution >= 4 is 33.3 Å². The minimum atomic E-state index is 0.187. The highest BCUT2D eigenvalue weighted by Gasteiger charge is 2.45. The molecule has 1 aromatic carbocycles. The number of halogens is 2. The van der Waals surface area contributed by atoms with Gasteiger partial charge in [0.1, 0.15) is 0 Å². The van der Waals surface area contributed by atoms with Crippen LogP contribution in [0.3, 0.4) is 0 Å². The van der Waals surface area contributed by atoms with Crippen LogP contribution in [0.1, 0.15) is 44.1 Å². The fraction of sp³-hybridized carbons (Fsp3) is 0.588. The zero-order chi connectivity index (χ0) is 14.2. The summed E-state index contributed by atoms with van der Waals surface area (Å²) in [6.45, 7) is 0. The van der Waals surface area contributed by atoms with Crippen molar-refractivity contribution < 1.29 is 4.79 Å². The predicted octanol–water partition coefficient (Wildman–Crippen LogP) is 5.10. The summed E-state index contributed by atoms with van der Waals surface area (Å²) in [7, 11) is 0. The molecule has 0 saturated heterocycles. The molecule has 20 heavy (non-hydrogen) atoms. The second-order valence-electron chi connectivity index (χ2n) is 6.39. The fourth-order valence-electron chi connectivity index (χ4n) is 4.38. The maximum Gasteiger partial charge on any atom is 0.150 e. The molecule has 0 aliphatic heterocycles. The molecular weight excluding hydrogens is 336 g/mol. The molecule has 0 aromatic heterocycles. The summed E-state index contributed by atoms with van der Waals surface area (Å²) >= 11 is 9.29. The van der Waals surface area contributed by atoms with Gasteiger partial charge in [-0.3, -0.25) is 4.79 Å². The molecule has 3 atom stereocenters. The van der Waals surface area contributed by atoms with Crippen molar-refractivity contribution in [1.29, 1.82) is 0 Å². The molecule has 0 amide bonds. The van der Waals surface area contributed by atoms with Crippen LogP contribution < -0.4 is 0 Å². The molecule has 3 rings (SSSR count). The quantitative estimate of drug-likeness (QED) is 0.690. The van der Waals surface area contributed by atoms with Gasteiger partial charge in [0.25, 0.3) is 0 Å². The molecule has 0 N–H and O–H groups in total. The van der Waals surface area contributed by atoms with Gasteiger partial charge in [0.2, 0.25) is 0 Å². The van der Waals surface area contributed by atoms with E-state index in [1.807, 2.05) is 0 Å². The Balaban J connectivity index is 1.85. The molecule has 1 aromatic rings. The second-order valence-corrected chi connectivity index (χ2v) is 7.57. The summed E-state index contributed by atoms with van der Waals surface area (Å²) in [6, 6.07) is 8.81. The molecular formula is C17H20BrClO. The summed E-state index contributed by atoms with van der Waals surface area (Å²) in [5.74, 6) is 1.22. The first-order valence-corrected chi connectivity index (χ1v) is 8.82. The van der Waals surface area contributed by atoms with E-state index in [4.69, 9.17) is 11.6 Å². The summed E-state index contributed by atoms with van der Waals surface area (Å²) in [6.07, 6.45) is 7.04. The Kier molecular flexibility index (Phi) is 4.24. The standard InChI is InChI=1S/C17H20BrClO/c18-14-5-3-13(4-6-14)17-8-1-2-12(10-17)15(7-9-17)16(20)11-19/h3-6,12,15H,1-2,7-11H2. The molecule has 2 saturated carbocycles. The van der Waals surface area contributed by atoms with Crippen molar-refractivity contribution in [3.05, 3.63) is 34.3 Å². The van der Waals surface area contributed by atoms with E-state index in [9.17, 15) is 4.79 Å². The highest BCUT2D eigenvalue weighted by Crippen LogP contribution is 2.52. The van der Waals surface area contributed by atoms with Crippen LogP contribution in [0.5, 0.6) is 0 Å². The van der Waals surface area contributed by atoms with Gasteiger partial charge in [-0.25, -0.2) is 0 Å². The van der Waals surface area contributed by atoms with Gasteiger partial charge in [-0.05, 0) is 61.1 Å². The van der Waals surface area contributed by atoms with Gasteiger partial charge in [-0.1, -0.05) is 34.5 Å². The lowest BCUT2D eigenvalue weighted by Crippen LogP contribution is -2.43. The van der Waals surface area contributed by atoms with Crippen LogP contribution >= 0.6 is 27.5 Å². The largest absolute Gasteiger partial charge is 0.298 e. The summed E-state index contributed by atoms with van der Waals surface area (Å²) in [5.41, 5.74) is 1.77. The number of carbonyl (C=O) groups is 1. The summed E-state index contributed by atoms with van der Waals surface area (Å²) < 4.78 is 1.14. The first-order valence-electron chi connectivity index (χ1n) is 7.49. The van der Waals surface area contributed by atoms with Crippen molar-refractivity contribution in [3.63, 3.8) is 0 Å². The van der Waals surface area contributed by atoms with Gasteiger partial charge >= 0.3 is 0 Å². The highest BCUT2D eigenvalue weighted by atomic mass is 79.9. The number of hydrogen-bond acceptors (Lipinski definition) is 1. The van der Waals surface area contributed by atoms with Gasteiger partial charge in [0, 0.05) is 10.4 Å². The predicted molar refractivity (Wildman–Crippen MR) is 86.2 cm³/mol. The van der Waals surface area contributed by atoms with Crippen LogP contribution in [0, 0.1) is 11.8 Å². The summed E-state index contributed by atoms with van der Waals surface area (Å²) in [4.78, 5) is 12.0. The average Bonchev–Trinajstić information content (AvgIpc) is 2.47. The maximum atomic E-state index is 12.0. The van der Waals surface area contributed by atoms with Crippen molar-refractivity contribution in [2.24, 2.45) is 11.8 Å². The zero-order valence-electron chi connectivity index (χ0n) is 11.6. The molecule has 3 heteroatoms. The lowest BCUT2D eigenvalue weighted by atomic mass is 9.55. The Morgan fingerprint density at radius 3 is 2.70 bits per heavy atom. The Morgan fingerprint density at radius 1 is 1.25 bits per heavy atom. The van der Waals surface area contributed by atoms with E-state index in [1.165, 1.54) is 31.2 Å². The van der Waals surface area contributed by atoms with Gasteiger partial charge < -0.3 is 0 Å². The number of ketones is 1. The first-order chi connectivity index (χ1) is 9.64. The molecule has 108 valence electrons. The Morgan fingerprint density at radius 2 is 2.00 bits per heavy atom. The van der Waals surface area contributed by atoms with Crippen molar-refractivity contribution in [2.75, 3.05) is 5.88 Å². The topological polar surface area (TPSA) is 17.1 Å². The molecule has 0 radical (unpaired) electrons. The van der Waals surface area contributed by atoms with Crippen LogP contribution in [0.4, 0.5) is 0 Å². The first kappa shape index (κ1) is 14.6. The van der Waals surface area contributed by atoms with Crippen molar-refractivity contribution in [1.82, 2.24) is 0 Å². The summed E-state index contributed by atoms with van der Waals surface area (Å²) in [5, 5.41) is 0. The van der Waals surface area contributed by atoms with Crippen LogP contribution in [-0.2, 0) is 10.2 Å². The molecule has 0 heterocycles. The van der Waals surface area contributed by atoms with E-state index < -0.39 is 0 Å². The van der Waals surface area contributed by atoms with Gasteiger partial charge in [0.05, 0.1) is 5.88 Å². The monoisotopic (exact) mass is 354 g/mol. The molecule has 0 spiro atoms. The molecule has 2 aliphatic rings. The smallest absolute Gasteiger partial charge is 0.150 e. The Hall–Kier alpha value is -0.340. The normalized spacial score (nSPS) is 32.9. The fourth-order valence-corrected chi connectivity index (χ4v) is 4.84. The lowest BCUT2D eigenvalue weighted by Gasteiger charge is -2.48.